The van der Waals surface area contributed by atoms with Crippen LogP contribution in [0.2, 0.25) is 5.02 Å². The van der Waals surface area contributed by atoms with E-state index in [9.17, 15) is 0 Å². The van der Waals surface area contributed by atoms with Crippen molar-refractivity contribution in [3.05, 3.63) is 145 Å². The number of halogens is 1. The number of rotatable bonds is 4. The summed E-state index contributed by atoms with van der Waals surface area (Å²) in [6.45, 7) is 0. The number of hydrogen-bond donors (Lipinski definition) is 0. The highest BCUT2D eigenvalue weighted by atomic mass is 35.5. The van der Waals surface area contributed by atoms with Crippen LogP contribution < -0.4 is 0 Å². The van der Waals surface area contributed by atoms with Crippen molar-refractivity contribution in [1.29, 1.82) is 0 Å². The Labute approximate surface area is 231 Å². The summed E-state index contributed by atoms with van der Waals surface area (Å²) in [6, 6.07) is 49.5. The summed E-state index contributed by atoms with van der Waals surface area (Å²) in [5.41, 5.74) is 9.20. The molecule has 0 nitrogen and oxygen atoms in total. The van der Waals surface area contributed by atoms with E-state index in [1.165, 1.54) is 31.3 Å². The van der Waals surface area contributed by atoms with Gasteiger partial charge < -0.3 is 0 Å². The van der Waals surface area contributed by atoms with Gasteiger partial charge in [0.25, 0.3) is 0 Å². The minimum atomic E-state index is 0.754. The third-order valence-corrected chi connectivity index (χ3v) is 8.67. The predicted octanol–water partition coefficient (Wildman–Crippen LogP) is 11.4. The van der Waals surface area contributed by atoms with Gasteiger partial charge in [-0.2, -0.15) is 0 Å². The standard InChI is InChI=1S/C36H23ClS/c37-33-23-28(24-11-3-1-4-12-24)22-32(35(33)25-13-5-2-6-14-25)27-16-9-15-26(21-27)29-18-10-19-31-30-17-7-8-20-34(30)38-36(29)31/h1-23H. The lowest BCUT2D eigenvalue weighted by Gasteiger charge is -2.16. The molecule has 0 atom stereocenters. The molecular weight excluding hydrogens is 500 g/mol. The fourth-order valence-electron chi connectivity index (χ4n) is 5.36. The Morgan fingerprint density at radius 1 is 0.421 bits per heavy atom. The lowest BCUT2D eigenvalue weighted by molar-refractivity contribution is 1.56. The minimum absolute atomic E-state index is 0.754. The molecule has 1 heterocycles. The Bertz CT molecular complexity index is 1920. The van der Waals surface area contributed by atoms with E-state index in [1.807, 2.05) is 23.5 Å². The molecule has 0 aliphatic carbocycles. The van der Waals surface area contributed by atoms with Crippen molar-refractivity contribution in [2.24, 2.45) is 0 Å². The number of hydrogen-bond acceptors (Lipinski definition) is 1. The smallest absolute Gasteiger partial charge is 0.0496 e. The summed E-state index contributed by atoms with van der Waals surface area (Å²) in [6.07, 6.45) is 0. The topological polar surface area (TPSA) is 0 Å². The third kappa shape index (κ3) is 4.01. The normalized spacial score (nSPS) is 11.3. The zero-order chi connectivity index (χ0) is 25.5. The molecule has 2 heteroatoms. The van der Waals surface area contributed by atoms with E-state index < -0.39 is 0 Å². The van der Waals surface area contributed by atoms with E-state index in [4.69, 9.17) is 11.6 Å². The van der Waals surface area contributed by atoms with E-state index in [-0.39, 0.29) is 0 Å². The van der Waals surface area contributed by atoms with Crippen LogP contribution in [0.5, 0.6) is 0 Å². The second kappa shape index (κ2) is 9.61. The van der Waals surface area contributed by atoms with Gasteiger partial charge in [0.1, 0.15) is 0 Å². The maximum atomic E-state index is 7.05. The molecule has 0 saturated heterocycles. The van der Waals surface area contributed by atoms with E-state index in [2.05, 4.69) is 127 Å². The molecule has 0 radical (unpaired) electrons. The lowest BCUT2D eigenvalue weighted by atomic mass is 9.89. The molecule has 0 N–H and O–H groups in total. The van der Waals surface area contributed by atoms with E-state index in [0.29, 0.717) is 0 Å². The molecule has 0 amide bonds. The molecule has 0 saturated carbocycles. The largest absolute Gasteiger partial charge is 0.135 e. The lowest BCUT2D eigenvalue weighted by Crippen LogP contribution is -1.90. The molecular formula is C36H23ClS. The molecule has 0 aliphatic heterocycles. The first-order valence-electron chi connectivity index (χ1n) is 12.7. The van der Waals surface area contributed by atoms with Crippen molar-refractivity contribution in [1.82, 2.24) is 0 Å². The predicted molar refractivity (Wildman–Crippen MR) is 166 cm³/mol. The van der Waals surface area contributed by atoms with Crippen molar-refractivity contribution in [3.8, 4) is 44.5 Å². The molecule has 0 fully saturated rings. The molecule has 7 rings (SSSR count). The summed E-state index contributed by atoms with van der Waals surface area (Å²) >= 11 is 8.92. The number of thiophene rings is 1. The second-order valence-corrected chi connectivity index (χ2v) is 10.9. The molecule has 0 aliphatic rings. The van der Waals surface area contributed by atoms with Crippen LogP contribution in [0.3, 0.4) is 0 Å². The highest BCUT2D eigenvalue weighted by Crippen LogP contribution is 2.44. The summed E-state index contributed by atoms with van der Waals surface area (Å²) in [7, 11) is 0. The summed E-state index contributed by atoms with van der Waals surface area (Å²) < 4.78 is 2.64. The molecule has 180 valence electrons. The average Bonchev–Trinajstić information content (AvgIpc) is 3.37. The zero-order valence-corrected chi connectivity index (χ0v) is 22.1. The molecule has 1 aromatic heterocycles. The fraction of sp³-hybridized carbons (Fsp3) is 0. The van der Waals surface area contributed by atoms with Crippen LogP contribution in [-0.4, -0.2) is 0 Å². The Morgan fingerprint density at radius 2 is 1.03 bits per heavy atom. The molecule has 38 heavy (non-hydrogen) atoms. The van der Waals surface area contributed by atoms with E-state index in [1.54, 1.807) is 0 Å². The van der Waals surface area contributed by atoms with Gasteiger partial charge in [-0.25, -0.2) is 0 Å². The zero-order valence-electron chi connectivity index (χ0n) is 20.6. The minimum Gasteiger partial charge on any atom is -0.135 e. The van der Waals surface area contributed by atoms with Gasteiger partial charge in [-0.3, -0.25) is 0 Å². The van der Waals surface area contributed by atoms with Gasteiger partial charge in [0, 0.05) is 30.8 Å². The van der Waals surface area contributed by atoms with Gasteiger partial charge in [0.05, 0.1) is 0 Å². The van der Waals surface area contributed by atoms with Crippen LogP contribution in [0.1, 0.15) is 0 Å². The summed E-state index contributed by atoms with van der Waals surface area (Å²) in [4.78, 5) is 0. The SMILES string of the molecule is Clc1cc(-c2ccccc2)cc(-c2cccc(-c3cccc4c3sc3ccccc34)c2)c1-c1ccccc1. The number of fused-ring (bicyclic) bond motifs is 3. The molecule has 0 unspecified atom stereocenters. The molecule has 7 aromatic rings. The Balaban J connectivity index is 1.45. The summed E-state index contributed by atoms with van der Waals surface area (Å²) in [5.74, 6) is 0. The second-order valence-electron chi connectivity index (χ2n) is 9.47. The molecule has 0 spiro atoms. The third-order valence-electron chi connectivity index (χ3n) is 7.15. The average molecular weight is 523 g/mol. The molecule has 0 bridgehead atoms. The van der Waals surface area contributed by atoms with Gasteiger partial charge in [0.2, 0.25) is 0 Å². The van der Waals surface area contributed by atoms with E-state index in [0.717, 1.165) is 38.4 Å². The number of benzene rings is 6. The van der Waals surface area contributed by atoms with Crippen LogP contribution in [0.15, 0.2) is 140 Å². The van der Waals surface area contributed by atoms with Crippen molar-refractivity contribution in [2.45, 2.75) is 0 Å². The van der Waals surface area contributed by atoms with Crippen molar-refractivity contribution >= 4 is 43.1 Å². The first kappa shape index (κ1) is 23.0. The van der Waals surface area contributed by atoms with Gasteiger partial charge in [-0.15, -0.1) is 11.3 Å². The van der Waals surface area contributed by atoms with Crippen molar-refractivity contribution in [2.75, 3.05) is 0 Å². The fourth-order valence-corrected chi connectivity index (χ4v) is 6.93. The Morgan fingerprint density at radius 3 is 1.82 bits per heavy atom. The van der Waals surface area contributed by atoms with Crippen LogP contribution >= 0.6 is 22.9 Å². The summed E-state index contributed by atoms with van der Waals surface area (Å²) in [5, 5.41) is 3.39. The van der Waals surface area contributed by atoms with Gasteiger partial charge >= 0.3 is 0 Å². The van der Waals surface area contributed by atoms with Gasteiger partial charge in [-0.1, -0.05) is 127 Å². The van der Waals surface area contributed by atoms with Crippen LogP contribution in [0.4, 0.5) is 0 Å². The Kier molecular flexibility index (Phi) is 5.81. The van der Waals surface area contributed by atoms with Crippen LogP contribution in [0.25, 0.3) is 64.7 Å². The molecule has 6 aromatic carbocycles. The van der Waals surface area contributed by atoms with Crippen LogP contribution in [0, 0.1) is 0 Å². The van der Waals surface area contributed by atoms with Gasteiger partial charge in [0.15, 0.2) is 0 Å². The first-order valence-corrected chi connectivity index (χ1v) is 13.9. The van der Waals surface area contributed by atoms with Gasteiger partial charge in [-0.05, 0) is 63.2 Å². The quantitative estimate of drug-likeness (QED) is 0.215. The highest BCUT2D eigenvalue weighted by molar-refractivity contribution is 7.26. The highest BCUT2D eigenvalue weighted by Gasteiger charge is 2.16. The van der Waals surface area contributed by atoms with Crippen molar-refractivity contribution in [3.63, 3.8) is 0 Å². The van der Waals surface area contributed by atoms with E-state index >= 15 is 0 Å². The first-order chi connectivity index (χ1) is 18.8. The van der Waals surface area contributed by atoms with Crippen molar-refractivity contribution < 1.29 is 0 Å². The monoisotopic (exact) mass is 522 g/mol. The maximum Gasteiger partial charge on any atom is 0.0496 e. The maximum absolute atomic E-state index is 7.05. The van der Waals surface area contributed by atoms with Crippen LogP contribution in [-0.2, 0) is 0 Å². The Hall–Kier alpha value is -4.17.